The van der Waals surface area contributed by atoms with Gasteiger partial charge in [0, 0.05) is 0 Å². The summed E-state index contributed by atoms with van der Waals surface area (Å²) in [6, 6.07) is 10.9. The third kappa shape index (κ3) is 3.19. The van der Waals surface area contributed by atoms with Gasteiger partial charge >= 0.3 is 0 Å². The molecule has 0 atom stereocenters. The highest BCUT2D eigenvalue weighted by Gasteiger charge is 2.13. The third-order valence-corrected chi connectivity index (χ3v) is 3.91. The number of aromatic nitrogens is 1. The van der Waals surface area contributed by atoms with E-state index in [4.69, 9.17) is 0 Å². The molecule has 3 rings (SSSR count). The fourth-order valence-electron chi connectivity index (χ4n) is 1.98. The third-order valence-electron chi connectivity index (χ3n) is 2.98. The van der Waals surface area contributed by atoms with E-state index in [0.717, 1.165) is 0 Å². The highest BCUT2D eigenvalue weighted by molar-refractivity contribution is 7.22. The second-order valence-electron chi connectivity index (χ2n) is 4.54. The number of hydrogen-bond acceptors (Lipinski definition) is 6. The van der Waals surface area contributed by atoms with Gasteiger partial charge in [-0.05, 0) is 30.3 Å². The highest BCUT2D eigenvalue weighted by atomic mass is 32.1. The fourth-order valence-corrected chi connectivity index (χ4v) is 2.88. The van der Waals surface area contributed by atoms with Crippen LogP contribution in [-0.4, -0.2) is 21.0 Å². The van der Waals surface area contributed by atoms with Crippen molar-refractivity contribution in [1.82, 2.24) is 4.98 Å². The van der Waals surface area contributed by atoms with Gasteiger partial charge in [0.25, 0.3) is 5.91 Å². The highest BCUT2D eigenvalue weighted by Crippen LogP contribution is 2.29. The Morgan fingerprint density at radius 3 is 2.78 bits per heavy atom. The zero-order valence-electron chi connectivity index (χ0n) is 11.5. The van der Waals surface area contributed by atoms with Gasteiger partial charge in [0.05, 0.1) is 15.8 Å². The molecule has 0 aliphatic heterocycles. The molecule has 9 heteroatoms. The average Bonchev–Trinajstić information content (AvgIpc) is 2.88. The average molecular weight is 330 g/mol. The molecule has 2 aromatic carbocycles. The lowest BCUT2D eigenvalue weighted by molar-refractivity contribution is -0.445. The van der Waals surface area contributed by atoms with E-state index in [-0.39, 0.29) is 11.3 Å². The molecule has 116 valence electrons. The number of carbonyl (C=O) groups is 1. The van der Waals surface area contributed by atoms with Crippen LogP contribution in [0.1, 0.15) is 10.4 Å². The van der Waals surface area contributed by atoms with Crippen LogP contribution >= 0.6 is 11.3 Å². The minimum atomic E-state index is -0.650. The molecule has 0 saturated carbocycles. The molecular formula is C14H10N4O4S. The van der Waals surface area contributed by atoms with E-state index < -0.39 is 10.9 Å². The van der Waals surface area contributed by atoms with Crippen molar-refractivity contribution in [2.45, 2.75) is 0 Å². The number of hydrazine groups is 1. The number of amides is 1. The lowest BCUT2D eigenvalue weighted by atomic mass is 10.2. The molecule has 1 aromatic heterocycles. The molecule has 23 heavy (non-hydrogen) atoms. The number of phenolic OH excluding ortho intramolecular Hbond substituents is 1. The maximum absolute atomic E-state index is 12.1. The topological polar surface area (TPSA) is 117 Å². The lowest BCUT2D eigenvalue weighted by Gasteiger charge is -2.03. The van der Waals surface area contributed by atoms with E-state index in [1.54, 1.807) is 24.3 Å². The molecule has 1 heterocycles. The number of rotatable bonds is 4. The van der Waals surface area contributed by atoms with E-state index in [0.29, 0.717) is 21.0 Å². The number of nitrogens with zero attached hydrogens (tertiary/aromatic N) is 2. The summed E-state index contributed by atoms with van der Waals surface area (Å²) in [5.74, 6) is -0.602. The summed E-state index contributed by atoms with van der Waals surface area (Å²) in [6.07, 6.45) is 0. The number of nitro groups is 1. The van der Waals surface area contributed by atoms with Crippen LogP contribution in [0.4, 0.5) is 10.8 Å². The molecule has 0 radical (unpaired) electrons. The van der Waals surface area contributed by atoms with Crippen molar-refractivity contribution in [3.8, 4) is 5.75 Å². The van der Waals surface area contributed by atoms with Gasteiger partial charge in [-0.15, -0.1) is 5.43 Å². The van der Waals surface area contributed by atoms with Gasteiger partial charge in [-0.2, -0.15) is 0 Å². The van der Waals surface area contributed by atoms with Crippen LogP contribution in [0.3, 0.4) is 0 Å². The number of benzene rings is 2. The van der Waals surface area contributed by atoms with Crippen molar-refractivity contribution in [1.29, 1.82) is 0 Å². The molecule has 3 aromatic rings. The minimum Gasteiger partial charge on any atom is -0.507 e. The van der Waals surface area contributed by atoms with Crippen molar-refractivity contribution >= 4 is 38.3 Å². The Labute approximate surface area is 133 Å². The molecule has 0 aliphatic rings. The van der Waals surface area contributed by atoms with E-state index in [2.05, 4.69) is 15.7 Å². The first kappa shape index (κ1) is 14.7. The predicted octanol–water partition coefficient (Wildman–Crippen LogP) is 2.86. The number of aromatic hydroxyl groups is 1. The van der Waals surface area contributed by atoms with Gasteiger partial charge in [-0.3, -0.25) is 10.1 Å². The van der Waals surface area contributed by atoms with Crippen LogP contribution in [0.2, 0.25) is 0 Å². The Hall–Kier alpha value is -3.20. The first-order valence-corrected chi connectivity index (χ1v) is 7.25. The van der Waals surface area contributed by atoms with Crippen molar-refractivity contribution in [2.75, 3.05) is 10.7 Å². The SMILES string of the molecule is O=C(Nc1nc2ccc(N[N+](=O)[O-])cc2s1)c1ccccc1O. The van der Waals surface area contributed by atoms with Gasteiger partial charge in [0.2, 0.25) is 0 Å². The summed E-state index contributed by atoms with van der Waals surface area (Å²) in [5.41, 5.74) is 3.13. The van der Waals surface area contributed by atoms with E-state index in [1.165, 1.54) is 29.5 Å². The molecule has 0 fully saturated rings. The number of phenols is 1. The maximum atomic E-state index is 12.1. The Bertz CT molecular complexity index is 909. The summed E-state index contributed by atoms with van der Waals surface area (Å²) in [5, 5.41) is 22.4. The van der Waals surface area contributed by atoms with Crippen LogP contribution in [0.5, 0.6) is 5.75 Å². The fraction of sp³-hybridized carbons (Fsp3) is 0. The van der Waals surface area contributed by atoms with Gasteiger partial charge in [0.1, 0.15) is 11.4 Å². The molecular weight excluding hydrogens is 320 g/mol. The molecule has 0 spiro atoms. The predicted molar refractivity (Wildman–Crippen MR) is 86.3 cm³/mol. The summed E-state index contributed by atoms with van der Waals surface area (Å²) < 4.78 is 0.685. The van der Waals surface area contributed by atoms with E-state index >= 15 is 0 Å². The van der Waals surface area contributed by atoms with Gasteiger partial charge in [-0.25, -0.2) is 15.1 Å². The lowest BCUT2D eigenvalue weighted by Crippen LogP contribution is -2.11. The smallest absolute Gasteiger partial charge is 0.261 e. The van der Waals surface area contributed by atoms with Crippen molar-refractivity contribution in [3.05, 3.63) is 58.1 Å². The molecule has 1 amide bonds. The Kier molecular flexibility index (Phi) is 3.77. The summed E-state index contributed by atoms with van der Waals surface area (Å²) >= 11 is 1.18. The van der Waals surface area contributed by atoms with E-state index in [9.17, 15) is 20.0 Å². The molecule has 0 aliphatic carbocycles. The molecule has 0 unspecified atom stereocenters. The van der Waals surface area contributed by atoms with Crippen molar-refractivity contribution in [2.24, 2.45) is 0 Å². The van der Waals surface area contributed by atoms with Crippen LogP contribution in [0.25, 0.3) is 10.2 Å². The molecule has 0 saturated heterocycles. The minimum absolute atomic E-state index is 0.122. The summed E-state index contributed by atoms with van der Waals surface area (Å²) in [7, 11) is 0. The molecule has 8 nitrogen and oxygen atoms in total. The Morgan fingerprint density at radius 2 is 2.04 bits per heavy atom. The first-order valence-electron chi connectivity index (χ1n) is 6.44. The number of hydrogen-bond donors (Lipinski definition) is 3. The van der Waals surface area contributed by atoms with Crippen LogP contribution < -0.4 is 10.7 Å². The zero-order valence-corrected chi connectivity index (χ0v) is 12.3. The van der Waals surface area contributed by atoms with Gasteiger partial charge in [0.15, 0.2) is 10.2 Å². The first-order chi connectivity index (χ1) is 11.0. The second kappa shape index (κ2) is 5.89. The number of fused-ring (bicyclic) bond motifs is 1. The monoisotopic (exact) mass is 330 g/mol. The second-order valence-corrected chi connectivity index (χ2v) is 5.57. The van der Waals surface area contributed by atoms with Crippen LogP contribution in [0, 0.1) is 10.1 Å². The van der Waals surface area contributed by atoms with Gasteiger partial charge < -0.3 is 5.11 Å². The number of nitrogens with one attached hydrogen (secondary N) is 2. The number of anilines is 2. The van der Waals surface area contributed by atoms with Crippen LogP contribution in [0.15, 0.2) is 42.5 Å². The maximum Gasteiger partial charge on any atom is 0.261 e. The largest absolute Gasteiger partial charge is 0.507 e. The quantitative estimate of drug-likeness (QED) is 0.500. The number of para-hydroxylation sites is 1. The number of carbonyl (C=O) groups excluding carboxylic acids is 1. The van der Waals surface area contributed by atoms with Crippen molar-refractivity contribution in [3.63, 3.8) is 0 Å². The Balaban J connectivity index is 1.85. The Morgan fingerprint density at radius 1 is 1.26 bits per heavy atom. The molecule has 3 N–H and O–H groups in total. The molecule has 0 bridgehead atoms. The summed E-state index contributed by atoms with van der Waals surface area (Å²) in [6.45, 7) is 0. The summed E-state index contributed by atoms with van der Waals surface area (Å²) in [4.78, 5) is 26.8. The van der Waals surface area contributed by atoms with Crippen molar-refractivity contribution < 1.29 is 14.9 Å². The normalized spacial score (nSPS) is 10.4. The zero-order chi connectivity index (χ0) is 16.4. The van der Waals surface area contributed by atoms with Gasteiger partial charge in [-0.1, -0.05) is 23.5 Å². The number of thiazole rings is 1. The standard InChI is InChI=1S/C14H10N4O4S/c19-11-4-2-1-3-9(11)13(20)16-14-15-10-6-5-8(17-18(21)22)7-12(10)23-14/h1-7,17,19H,(H,15,16,20). The van der Waals surface area contributed by atoms with Crippen LogP contribution in [-0.2, 0) is 0 Å². The van der Waals surface area contributed by atoms with E-state index in [1.807, 2.05) is 0 Å².